The number of ether oxygens (including phenoxy) is 1. The molecule has 2 nitrogen and oxygen atoms in total. The maximum atomic E-state index is 8.99. The van der Waals surface area contributed by atoms with Gasteiger partial charge in [0.2, 0.25) is 0 Å². The van der Waals surface area contributed by atoms with Gasteiger partial charge in [-0.3, -0.25) is 0 Å². The molecule has 0 spiro atoms. The Labute approximate surface area is 82.9 Å². The molecule has 13 heavy (non-hydrogen) atoms. The SMILES string of the molecule is CCOc1cc(CO)cc(SC)c1. The van der Waals surface area contributed by atoms with Crippen molar-refractivity contribution < 1.29 is 9.84 Å². The van der Waals surface area contributed by atoms with Gasteiger partial charge in [-0.25, -0.2) is 0 Å². The summed E-state index contributed by atoms with van der Waals surface area (Å²) in [5.41, 5.74) is 0.898. The summed E-state index contributed by atoms with van der Waals surface area (Å²) in [6, 6.07) is 5.81. The molecule has 0 amide bonds. The molecule has 1 aromatic carbocycles. The molecule has 0 fully saturated rings. The summed E-state index contributed by atoms with van der Waals surface area (Å²) in [5, 5.41) is 8.99. The third-order valence-electron chi connectivity index (χ3n) is 1.67. The van der Waals surface area contributed by atoms with E-state index in [4.69, 9.17) is 9.84 Å². The Balaban J connectivity index is 2.93. The predicted molar refractivity (Wildman–Crippen MR) is 55.3 cm³/mol. The molecule has 0 radical (unpaired) electrons. The van der Waals surface area contributed by atoms with Gasteiger partial charge in [0.05, 0.1) is 13.2 Å². The molecular formula is C10H14O2S. The number of hydrogen-bond acceptors (Lipinski definition) is 3. The second-order valence-corrected chi connectivity index (χ2v) is 3.49. The highest BCUT2D eigenvalue weighted by Crippen LogP contribution is 2.23. The quantitative estimate of drug-likeness (QED) is 0.753. The first-order valence-corrected chi connectivity index (χ1v) is 5.44. The number of benzene rings is 1. The Kier molecular flexibility index (Phi) is 4.12. The number of aliphatic hydroxyl groups excluding tert-OH is 1. The minimum Gasteiger partial charge on any atom is -0.494 e. The zero-order valence-electron chi connectivity index (χ0n) is 7.91. The van der Waals surface area contributed by atoms with E-state index in [0.717, 1.165) is 16.2 Å². The van der Waals surface area contributed by atoms with Crippen LogP contribution in [0.1, 0.15) is 12.5 Å². The van der Waals surface area contributed by atoms with Crippen LogP contribution in [0.4, 0.5) is 0 Å². The first-order valence-electron chi connectivity index (χ1n) is 4.21. The largest absolute Gasteiger partial charge is 0.494 e. The van der Waals surface area contributed by atoms with Crippen molar-refractivity contribution >= 4 is 11.8 Å². The van der Waals surface area contributed by atoms with E-state index in [1.807, 2.05) is 31.4 Å². The Morgan fingerprint density at radius 3 is 2.69 bits per heavy atom. The average molecular weight is 198 g/mol. The van der Waals surface area contributed by atoms with E-state index in [1.165, 1.54) is 0 Å². The van der Waals surface area contributed by atoms with Crippen molar-refractivity contribution in [2.45, 2.75) is 18.4 Å². The lowest BCUT2D eigenvalue weighted by Crippen LogP contribution is -1.93. The summed E-state index contributed by atoms with van der Waals surface area (Å²) in [7, 11) is 0. The summed E-state index contributed by atoms with van der Waals surface area (Å²) in [4.78, 5) is 1.12. The zero-order valence-corrected chi connectivity index (χ0v) is 8.73. The van der Waals surface area contributed by atoms with E-state index in [2.05, 4.69) is 0 Å². The maximum absolute atomic E-state index is 8.99. The molecule has 1 rings (SSSR count). The van der Waals surface area contributed by atoms with Crippen LogP contribution in [0, 0.1) is 0 Å². The molecule has 0 aliphatic rings. The standard InChI is InChI=1S/C10H14O2S/c1-3-12-9-4-8(7-11)5-10(6-9)13-2/h4-6,11H,3,7H2,1-2H3. The fraction of sp³-hybridized carbons (Fsp3) is 0.400. The smallest absolute Gasteiger partial charge is 0.120 e. The van der Waals surface area contributed by atoms with Crippen molar-refractivity contribution in [2.75, 3.05) is 12.9 Å². The summed E-state index contributed by atoms with van der Waals surface area (Å²) in [5.74, 6) is 0.832. The fourth-order valence-corrected chi connectivity index (χ4v) is 1.59. The monoisotopic (exact) mass is 198 g/mol. The lowest BCUT2D eigenvalue weighted by Gasteiger charge is -2.07. The van der Waals surface area contributed by atoms with Crippen LogP contribution in [0.25, 0.3) is 0 Å². The minimum absolute atomic E-state index is 0.0640. The van der Waals surface area contributed by atoms with Gasteiger partial charge < -0.3 is 9.84 Å². The minimum atomic E-state index is 0.0640. The van der Waals surface area contributed by atoms with Crippen molar-refractivity contribution in [3.8, 4) is 5.75 Å². The fourth-order valence-electron chi connectivity index (χ4n) is 1.09. The lowest BCUT2D eigenvalue weighted by atomic mass is 10.2. The van der Waals surface area contributed by atoms with Crippen LogP contribution >= 0.6 is 11.8 Å². The van der Waals surface area contributed by atoms with Crippen LogP contribution < -0.4 is 4.74 Å². The van der Waals surface area contributed by atoms with Gasteiger partial charge in [0.1, 0.15) is 5.75 Å². The van der Waals surface area contributed by atoms with E-state index in [-0.39, 0.29) is 6.61 Å². The van der Waals surface area contributed by atoms with Crippen LogP contribution in [0.5, 0.6) is 5.75 Å². The molecule has 1 N–H and O–H groups in total. The van der Waals surface area contributed by atoms with Gasteiger partial charge in [-0.2, -0.15) is 0 Å². The van der Waals surface area contributed by atoms with Crippen LogP contribution in [-0.2, 0) is 6.61 Å². The van der Waals surface area contributed by atoms with Crippen LogP contribution in [0.15, 0.2) is 23.1 Å². The molecule has 1 aromatic rings. The molecule has 0 unspecified atom stereocenters. The Morgan fingerprint density at radius 2 is 2.15 bits per heavy atom. The number of hydrogen-bond donors (Lipinski definition) is 1. The molecule has 72 valence electrons. The maximum Gasteiger partial charge on any atom is 0.120 e. The third kappa shape index (κ3) is 2.94. The second-order valence-electron chi connectivity index (χ2n) is 2.61. The van der Waals surface area contributed by atoms with Crippen LogP contribution in [0.3, 0.4) is 0 Å². The van der Waals surface area contributed by atoms with Crippen LogP contribution in [-0.4, -0.2) is 18.0 Å². The van der Waals surface area contributed by atoms with Gasteiger partial charge in [0.25, 0.3) is 0 Å². The molecule has 0 saturated carbocycles. The van der Waals surface area contributed by atoms with Gasteiger partial charge in [0, 0.05) is 4.90 Å². The predicted octanol–water partition coefficient (Wildman–Crippen LogP) is 2.30. The van der Waals surface area contributed by atoms with Crippen LogP contribution in [0.2, 0.25) is 0 Å². The number of rotatable bonds is 4. The molecule has 0 aliphatic heterocycles. The summed E-state index contributed by atoms with van der Waals surface area (Å²) >= 11 is 1.65. The van der Waals surface area contributed by atoms with Crippen molar-refractivity contribution in [2.24, 2.45) is 0 Å². The Morgan fingerprint density at radius 1 is 1.38 bits per heavy atom. The molecule has 0 aromatic heterocycles. The van der Waals surface area contributed by atoms with Crippen molar-refractivity contribution in [1.29, 1.82) is 0 Å². The van der Waals surface area contributed by atoms with Crippen molar-refractivity contribution in [3.63, 3.8) is 0 Å². The van der Waals surface area contributed by atoms with Gasteiger partial charge in [0.15, 0.2) is 0 Å². The van der Waals surface area contributed by atoms with E-state index in [9.17, 15) is 0 Å². The topological polar surface area (TPSA) is 29.5 Å². The molecule has 0 atom stereocenters. The average Bonchev–Trinajstić information content (AvgIpc) is 2.17. The molecule has 0 heterocycles. The zero-order chi connectivity index (χ0) is 9.68. The van der Waals surface area contributed by atoms with Gasteiger partial charge in [-0.15, -0.1) is 11.8 Å². The first kappa shape index (κ1) is 10.4. The highest BCUT2D eigenvalue weighted by atomic mass is 32.2. The van der Waals surface area contributed by atoms with Gasteiger partial charge in [-0.05, 0) is 36.9 Å². The van der Waals surface area contributed by atoms with E-state index >= 15 is 0 Å². The molecule has 0 bridgehead atoms. The lowest BCUT2D eigenvalue weighted by molar-refractivity contribution is 0.279. The molecule has 0 aliphatic carbocycles. The normalized spacial score (nSPS) is 10.1. The highest BCUT2D eigenvalue weighted by Gasteiger charge is 1.99. The second kappa shape index (κ2) is 5.14. The van der Waals surface area contributed by atoms with Crippen molar-refractivity contribution in [1.82, 2.24) is 0 Å². The van der Waals surface area contributed by atoms with E-state index < -0.39 is 0 Å². The summed E-state index contributed by atoms with van der Waals surface area (Å²) in [6.45, 7) is 2.67. The summed E-state index contributed by atoms with van der Waals surface area (Å²) < 4.78 is 5.37. The Hall–Kier alpha value is -0.670. The summed E-state index contributed by atoms with van der Waals surface area (Å²) in [6.07, 6.45) is 2.01. The molecule has 0 saturated heterocycles. The van der Waals surface area contributed by atoms with Crippen molar-refractivity contribution in [3.05, 3.63) is 23.8 Å². The van der Waals surface area contributed by atoms with E-state index in [0.29, 0.717) is 6.61 Å². The Bertz CT molecular complexity index is 251. The first-order chi connectivity index (χ1) is 6.30. The van der Waals surface area contributed by atoms with Gasteiger partial charge in [-0.1, -0.05) is 0 Å². The van der Waals surface area contributed by atoms with Gasteiger partial charge >= 0.3 is 0 Å². The molecular weight excluding hydrogens is 184 g/mol. The van der Waals surface area contributed by atoms with E-state index in [1.54, 1.807) is 11.8 Å². The number of thioether (sulfide) groups is 1. The number of aliphatic hydroxyl groups is 1. The molecule has 3 heteroatoms. The highest BCUT2D eigenvalue weighted by molar-refractivity contribution is 7.98. The third-order valence-corrected chi connectivity index (χ3v) is 2.38.